The first-order chi connectivity index (χ1) is 8.15. The number of aryl methyl sites for hydroxylation is 1. The van der Waals surface area contributed by atoms with Crippen LogP contribution in [0.15, 0.2) is 28.7 Å². The number of carbonyl (C=O) groups is 1. The van der Waals surface area contributed by atoms with E-state index in [0.717, 1.165) is 21.7 Å². The molecule has 2 amide bonds. The van der Waals surface area contributed by atoms with Crippen molar-refractivity contribution in [1.82, 2.24) is 9.59 Å². The highest BCUT2D eigenvalue weighted by atomic mass is 79.9. The lowest BCUT2D eigenvalue weighted by Gasteiger charge is -2.05. The van der Waals surface area contributed by atoms with Crippen LogP contribution in [0.2, 0.25) is 0 Å². The van der Waals surface area contributed by atoms with Crippen LogP contribution in [-0.2, 0) is 0 Å². The van der Waals surface area contributed by atoms with Crippen LogP contribution in [0.3, 0.4) is 0 Å². The topological polar surface area (TPSA) is 66.9 Å². The molecule has 1 aromatic carbocycles. The summed E-state index contributed by atoms with van der Waals surface area (Å²) in [6.45, 7) is 1.79. The molecule has 2 aromatic rings. The molecule has 1 aromatic heterocycles. The molecule has 2 rings (SSSR count). The summed E-state index contributed by atoms with van der Waals surface area (Å²) in [5.74, 6) is 0. The highest BCUT2D eigenvalue weighted by Crippen LogP contribution is 2.17. The van der Waals surface area contributed by atoms with Gasteiger partial charge in [-0.05, 0) is 31.2 Å². The van der Waals surface area contributed by atoms with Crippen LogP contribution in [0.5, 0.6) is 0 Å². The maximum Gasteiger partial charge on any atom is 0.324 e. The molecule has 17 heavy (non-hydrogen) atoms. The molecule has 0 spiro atoms. The van der Waals surface area contributed by atoms with E-state index in [1.54, 1.807) is 19.1 Å². The number of rotatable bonds is 2. The predicted molar refractivity (Wildman–Crippen MR) is 71.4 cm³/mol. The Bertz CT molecular complexity index is 525. The zero-order valence-corrected chi connectivity index (χ0v) is 11.3. The van der Waals surface area contributed by atoms with Crippen LogP contribution in [0.4, 0.5) is 15.5 Å². The third-order valence-corrected chi connectivity index (χ3v) is 3.25. The van der Waals surface area contributed by atoms with E-state index in [-0.39, 0.29) is 6.03 Å². The van der Waals surface area contributed by atoms with Gasteiger partial charge in [0.1, 0.15) is 5.00 Å². The van der Waals surface area contributed by atoms with Crippen LogP contribution in [0, 0.1) is 6.92 Å². The first-order valence-corrected chi connectivity index (χ1v) is 6.34. The van der Waals surface area contributed by atoms with Gasteiger partial charge in [-0.1, -0.05) is 20.4 Å². The Morgan fingerprint density at radius 1 is 1.29 bits per heavy atom. The summed E-state index contributed by atoms with van der Waals surface area (Å²) in [6.07, 6.45) is 0. The highest BCUT2D eigenvalue weighted by Gasteiger charge is 2.07. The fraction of sp³-hybridized carbons (Fsp3) is 0.100. The standard InChI is InChI=1S/C10H9BrN4OS/c1-6-9(17-15-14-6)13-10(16)12-8-4-2-7(11)3-5-8/h2-5H,1H3,(H2,12,13,16). The van der Waals surface area contributed by atoms with Gasteiger partial charge in [0.05, 0.1) is 5.69 Å². The molecule has 0 fully saturated rings. The predicted octanol–water partition coefficient (Wildman–Crippen LogP) is 3.25. The van der Waals surface area contributed by atoms with Crippen molar-refractivity contribution in [2.45, 2.75) is 6.92 Å². The molecule has 0 radical (unpaired) electrons. The van der Waals surface area contributed by atoms with Crippen molar-refractivity contribution in [3.63, 3.8) is 0 Å². The van der Waals surface area contributed by atoms with E-state index in [2.05, 4.69) is 36.2 Å². The van der Waals surface area contributed by atoms with E-state index in [9.17, 15) is 4.79 Å². The minimum atomic E-state index is -0.304. The van der Waals surface area contributed by atoms with Crippen LogP contribution in [-0.4, -0.2) is 15.6 Å². The molecule has 7 heteroatoms. The second-order valence-corrected chi connectivity index (χ2v) is 4.94. The number of carbonyl (C=O) groups excluding carboxylic acids is 1. The zero-order chi connectivity index (χ0) is 12.3. The number of amides is 2. The van der Waals surface area contributed by atoms with Gasteiger partial charge in [-0.2, -0.15) is 0 Å². The van der Waals surface area contributed by atoms with Crippen LogP contribution >= 0.6 is 27.5 Å². The Hall–Kier alpha value is -1.47. The zero-order valence-electron chi connectivity index (χ0n) is 8.90. The van der Waals surface area contributed by atoms with Crippen molar-refractivity contribution < 1.29 is 4.79 Å². The minimum Gasteiger partial charge on any atom is -0.308 e. The SMILES string of the molecule is Cc1nnsc1NC(=O)Nc1ccc(Br)cc1. The van der Waals surface area contributed by atoms with Crippen molar-refractivity contribution in [2.24, 2.45) is 0 Å². The van der Waals surface area contributed by atoms with Crippen molar-refractivity contribution >= 4 is 44.2 Å². The Balaban J connectivity index is 1.98. The lowest BCUT2D eigenvalue weighted by Crippen LogP contribution is -2.19. The van der Waals surface area contributed by atoms with Gasteiger partial charge in [-0.3, -0.25) is 5.32 Å². The van der Waals surface area contributed by atoms with Crippen LogP contribution < -0.4 is 10.6 Å². The van der Waals surface area contributed by atoms with E-state index in [4.69, 9.17) is 0 Å². The molecule has 0 atom stereocenters. The summed E-state index contributed by atoms with van der Waals surface area (Å²) in [7, 11) is 0. The van der Waals surface area contributed by atoms with E-state index in [1.165, 1.54) is 0 Å². The van der Waals surface area contributed by atoms with E-state index in [1.807, 2.05) is 12.1 Å². The Kier molecular flexibility index (Phi) is 3.70. The van der Waals surface area contributed by atoms with Gasteiger partial charge >= 0.3 is 6.03 Å². The Labute approximate surface area is 111 Å². The van der Waals surface area contributed by atoms with Gasteiger partial charge in [0.15, 0.2) is 0 Å². The summed E-state index contributed by atoms with van der Waals surface area (Å²) in [6, 6.07) is 7.02. The lowest BCUT2D eigenvalue weighted by atomic mass is 10.3. The molecule has 0 bridgehead atoms. The molecule has 2 N–H and O–H groups in total. The monoisotopic (exact) mass is 312 g/mol. The van der Waals surface area contributed by atoms with Gasteiger partial charge in [0, 0.05) is 21.7 Å². The van der Waals surface area contributed by atoms with Crippen LogP contribution in [0.1, 0.15) is 5.69 Å². The second-order valence-electron chi connectivity index (χ2n) is 3.27. The summed E-state index contributed by atoms with van der Waals surface area (Å²) >= 11 is 4.48. The molecule has 0 aliphatic rings. The highest BCUT2D eigenvalue weighted by molar-refractivity contribution is 9.10. The second kappa shape index (κ2) is 5.24. The Morgan fingerprint density at radius 2 is 2.00 bits per heavy atom. The fourth-order valence-corrected chi connectivity index (χ4v) is 1.97. The maximum atomic E-state index is 11.6. The third kappa shape index (κ3) is 3.24. The number of aromatic nitrogens is 2. The normalized spacial score (nSPS) is 10.0. The average molecular weight is 313 g/mol. The quantitative estimate of drug-likeness (QED) is 0.894. The molecule has 1 heterocycles. The molecule has 0 aliphatic heterocycles. The van der Waals surface area contributed by atoms with Crippen molar-refractivity contribution in [1.29, 1.82) is 0 Å². The first-order valence-electron chi connectivity index (χ1n) is 4.77. The summed E-state index contributed by atoms with van der Waals surface area (Å²) in [5, 5.41) is 9.86. The number of benzene rings is 1. The molecule has 0 unspecified atom stereocenters. The number of nitrogens with zero attached hydrogens (tertiary/aromatic N) is 2. The third-order valence-electron chi connectivity index (χ3n) is 1.98. The fourth-order valence-electron chi connectivity index (χ4n) is 1.15. The summed E-state index contributed by atoms with van der Waals surface area (Å²) in [5.41, 5.74) is 1.43. The number of urea groups is 1. The molecular weight excluding hydrogens is 304 g/mol. The van der Waals surface area contributed by atoms with E-state index >= 15 is 0 Å². The molecule has 0 aliphatic carbocycles. The van der Waals surface area contributed by atoms with Gasteiger partial charge in [0.25, 0.3) is 0 Å². The lowest BCUT2D eigenvalue weighted by molar-refractivity contribution is 0.262. The molecule has 0 saturated heterocycles. The van der Waals surface area contributed by atoms with E-state index in [0.29, 0.717) is 10.7 Å². The number of halogens is 1. The van der Waals surface area contributed by atoms with Crippen molar-refractivity contribution in [3.8, 4) is 0 Å². The van der Waals surface area contributed by atoms with Gasteiger partial charge in [0.2, 0.25) is 0 Å². The molecule has 88 valence electrons. The van der Waals surface area contributed by atoms with Gasteiger partial charge in [-0.25, -0.2) is 4.79 Å². The van der Waals surface area contributed by atoms with Crippen molar-refractivity contribution in [3.05, 3.63) is 34.4 Å². The first kappa shape index (κ1) is 12.0. The minimum absolute atomic E-state index is 0.304. The smallest absolute Gasteiger partial charge is 0.308 e. The average Bonchev–Trinajstić information content (AvgIpc) is 2.68. The van der Waals surface area contributed by atoms with Crippen LogP contribution in [0.25, 0.3) is 0 Å². The summed E-state index contributed by atoms with van der Waals surface area (Å²) < 4.78 is 4.70. The molecular formula is C10H9BrN4OS. The number of hydrogen-bond acceptors (Lipinski definition) is 4. The van der Waals surface area contributed by atoms with E-state index < -0.39 is 0 Å². The summed E-state index contributed by atoms with van der Waals surface area (Å²) in [4.78, 5) is 11.6. The van der Waals surface area contributed by atoms with Crippen molar-refractivity contribution in [2.75, 3.05) is 10.6 Å². The molecule has 5 nitrogen and oxygen atoms in total. The maximum absolute atomic E-state index is 11.6. The van der Waals surface area contributed by atoms with Gasteiger partial charge < -0.3 is 5.32 Å². The molecule has 0 saturated carbocycles. The number of anilines is 2. The Morgan fingerprint density at radius 3 is 2.59 bits per heavy atom. The number of hydrogen-bond donors (Lipinski definition) is 2. The largest absolute Gasteiger partial charge is 0.324 e. The van der Waals surface area contributed by atoms with Gasteiger partial charge in [-0.15, -0.1) is 5.10 Å². The number of nitrogens with one attached hydrogen (secondary N) is 2.